The molecule has 4 rings (SSSR count). The molecule has 4 heteroatoms. The van der Waals surface area contributed by atoms with Gasteiger partial charge in [-0.2, -0.15) is 9.78 Å². The van der Waals surface area contributed by atoms with Gasteiger partial charge in [0.15, 0.2) is 11.6 Å². The summed E-state index contributed by atoms with van der Waals surface area (Å²) in [7, 11) is 0. The molecule has 0 amide bonds. The fourth-order valence-corrected chi connectivity index (χ4v) is 5.47. The number of hydrogen-bond donors (Lipinski definition) is 0. The molecule has 1 aromatic rings. The van der Waals surface area contributed by atoms with Gasteiger partial charge < -0.3 is 0 Å². The smallest absolute Gasteiger partial charge is 0.204 e. The van der Waals surface area contributed by atoms with Crippen molar-refractivity contribution in [2.75, 3.05) is 0 Å². The van der Waals surface area contributed by atoms with E-state index < -0.39 is 11.6 Å². The van der Waals surface area contributed by atoms with E-state index in [-0.39, 0.29) is 6.29 Å². The zero-order valence-electron chi connectivity index (χ0n) is 16.2. The summed E-state index contributed by atoms with van der Waals surface area (Å²) in [4.78, 5) is 9.70. The van der Waals surface area contributed by atoms with Gasteiger partial charge in [-0.1, -0.05) is 31.7 Å². The van der Waals surface area contributed by atoms with Gasteiger partial charge in [-0.3, -0.25) is 0 Å². The van der Waals surface area contributed by atoms with E-state index in [0.29, 0.717) is 0 Å². The minimum absolute atomic E-state index is 0.101. The number of aryl methyl sites for hydroxylation is 1. The molecule has 0 N–H and O–H groups in total. The summed E-state index contributed by atoms with van der Waals surface area (Å²) in [5.74, 6) is 2.01. The Bertz CT molecular complexity index is 600. The van der Waals surface area contributed by atoms with Gasteiger partial charge in [-0.25, -0.2) is 8.78 Å². The van der Waals surface area contributed by atoms with Gasteiger partial charge in [-0.15, -0.1) is 0 Å². The Morgan fingerprint density at radius 3 is 1.85 bits per heavy atom. The Hall–Kier alpha value is -1.00. The largest absolute Gasteiger partial charge is 0.224 e. The average Bonchev–Trinajstić information content (AvgIpc) is 3.53. The van der Waals surface area contributed by atoms with Gasteiger partial charge in [0.05, 0.1) is 0 Å². The van der Waals surface area contributed by atoms with Crippen LogP contribution in [0.2, 0.25) is 0 Å². The third kappa shape index (κ3) is 5.51. The van der Waals surface area contributed by atoms with E-state index in [1.165, 1.54) is 69.9 Å². The van der Waals surface area contributed by atoms with Crippen LogP contribution in [0.25, 0.3) is 0 Å². The molecular formula is C23H32F2O2. The molecule has 27 heavy (non-hydrogen) atoms. The summed E-state index contributed by atoms with van der Waals surface area (Å²) in [6.45, 7) is 0. The highest BCUT2D eigenvalue weighted by Gasteiger charge is 2.32. The van der Waals surface area contributed by atoms with Crippen LogP contribution in [0.4, 0.5) is 8.78 Å². The van der Waals surface area contributed by atoms with Gasteiger partial charge >= 0.3 is 0 Å². The lowest BCUT2D eigenvalue weighted by atomic mass is 9.68. The SMILES string of the molecule is Fc1ccc(CCC2CCC(C3CCC(CCC4OO4)CC3)CC2)cc1F. The summed E-state index contributed by atoms with van der Waals surface area (Å²) >= 11 is 0. The second kappa shape index (κ2) is 9.00. The number of benzene rings is 1. The van der Waals surface area contributed by atoms with Crippen molar-refractivity contribution in [1.82, 2.24) is 0 Å². The first-order valence-electron chi connectivity index (χ1n) is 10.9. The molecule has 1 saturated heterocycles. The quantitative estimate of drug-likeness (QED) is 0.395. The third-order valence-electron chi connectivity index (χ3n) is 7.32. The predicted octanol–water partition coefficient (Wildman–Crippen LogP) is 6.58. The summed E-state index contributed by atoms with van der Waals surface area (Å²) in [5.41, 5.74) is 0.927. The van der Waals surface area contributed by atoms with Crippen LogP contribution in [-0.2, 0) is 16.2 Å². The molecule has 0 bridgehead atoms. The van der Waals surface area contributed by atoms with Crippen molar-refractivity contribution >= 4 is 0 Å². The van der Waals surface area contributed by atoms with Gasteiger partial charge in [0.25, 0.3) is 0 Å². The summed E-state index contributed by atoms with van der Waals surface area (Å²) in [6.07, 6.45) is 15.3. The van der Waals surface area contributed by atoms with Crippen LogP contribution in [0.3, 0.4) is 0 Å². The lowest BCUT2D eigenvalue weighted by molar-refractivity contribution is 0.0850. The van der Waals surface area contributed by atoms with E-state index in [4.69, 9.17) is 9.78 Å². The molecule has 2 nitrogen and oxygen atoms in total. The third-order valence-corrected chi connectivity index (χ3v) is 7.32. The normalized spacial score (nSPS) is 31.8. The van der Waals surface area contributed by atoms with Crippen LogP contribution in [-0.4, -0.2) is 6.29 Å². The highest BCUT2D eigenvalue weighted by molar-refractivity contribution is 5.17. The van der Waals surface area contributed by atoms with Crippen molar-refractivity contribution in [3.8, 4) is 0 Å². The van der Waals surface area contributed by atoms with Gasteiger partial charge in [0.1, 0.15) is 0 Å². The first kappa shape index (κ1) is 19.3. The fraction of sp³-hybridized carbons (Fsp3) is 0.739. The second-order valence-electron chi connectivity index (χ2n) is 9.05. The van der Waals surface area contributed by atoms with E-state index in [9.17, 15) is 8.78 Å². The molecular weight excluding hydrogens is 346 g/mol. The molecule has 0 unspecified atom stereocenters. The molecule has 0 radical (unpaired) electrons. The highest BCUT2D eigenvalue weighted by Crippen LogP contribution is 2.43. The first-order chi connectivity index (χ1) is 13.2. The second-order valence-corrected chi connectivity index (χ2v) is 9.05. The van der Waals surface area contributed by atoms with Crippen LogP contribution in [0, 0.1) is 35.3 Å². The summed E-state index contributed by atoms with van der Waals surface area (Å²) in [6, 6.07) is 4.34. The van der Waals surface area contributed by atoms with E-state index >= 15 is 0 Å². The van der Waals surface area contributed by atoms with Gasteiger partial charge in [-0.05, 0) is 86.3 Å². The van der Waals surface area contributed by atoms with Crippen LogP contribution >= 0.6 is 0 Å². The standard InChI is InChI=1S/C23H32F2O2/c24-21-13-7-18(15-22(21)25)2-1-16-3-9-19(10-4-16)20-11-5-17(6-12-20)8-14-23-26-27-23/h7,13,15-17,19-20,23H,1-6,8-12,14H2. The summed E-state index contributed by atoms with van der Waals surface area (Å²) < 4.78 is 26.4. The molecule has 0 aromatic heterocycles. The van der Waals surface area contributed by atoms with E-state index in [0.717, 1.165) is 48.5 Å². The Kier molecular flexibility index (Phi) is 6.44. The molecule has 150 valence electrons. The predicted molar refractivity (Wildman–Crippen MR) is 101 cm³/mol. The zero-order chi connectivity index (χ0) is 18.6. The lowest BCUT2D eigenvalue weighted by Crippen LogP contribution is -2.26. The van der Waals surface area contributed by atoms with Gasteiger partial charge in [0.2, 0.25) is 6.29 Å². The topological polar surface area (TPSA) is 25.1 Å². The molecule has 3 aliphatic rings. The van der Waals surface area contributed by atoms with E-state index in [1.54, 1.807) is 6.07 Å². The van der Waals surface area contributed by atoms with E-state index in [2.05, 4.69) is 0 Å². The lowest BCUT2D eigenvalue weighted by Gasteiger charge is -2.38. The minimum Gasteiger partial charge on any atom is -0.204 e. The Morgan fingerprint density at radius 2 is 1.30 bits per heavy atom. The maximum atomic E-state index is 13.3. The van der Waals surface area contributed by atoms with Crippen molar-refractivity contribution in [2.24, 2.45) is 23.7 Å². The van der Waals surface area contributed by atoms with Crippen molar-refractivity contribution in [2.45, 2.75) is 83.3 Å². The van der Waals surface area contributed by atoms with Crippen LogP contribution in [0.15, 0.2) is 18.2 Å². The molecule has 1 aromatic carbocycles. The van der Waals surface area contributed by atoms with Crippen molar-refractivity contribution in [1.29, 1.82) is 0 Å². The maximum absolute atomic E-state index is 13.3. The zero-order valence-corrected chi connectivity index (χ0v) is 16.2. The minimum atomic E-state index is -0.747. The number of halogens is 2. The molecule has 2 aliphatic carbocycles. The molecule has 0 spiro atoms. The Balaban J connectivity index is 1.14. The molecule has 1 heterocycles. The fourth-order valence-electron chi connectivity index (χ4n) is 5.47. The average molecular weight is 379 g/mol. The van der Waals surface area contributed by atoms with Crippen molar-refractivity contribution < 1.29 is 18.6 Å². The van der Waals surface area contributed by atoms with Gasteiger partial charge in [0, 0.05) is 6.42 Å². The highest BCUT2D eigenvalue weighted by atomic mass is 19.2. The first-order valence-corrected chi connectivity index (χ1v) is 10.9. The monoisotopic (exact) mass is 378 g/mol. The molecule has 1 aliphatic heterocycles. The Labute approximate surface area is 161 Å². The van der Waals surface area contributed by atoms with Crippen molar-refractivity contribution in [3.05, 3.63) is 35.4 Å². The van der Waals surface area contributed by atoms with Crippen molar-refractivity contribution in [3.63, 3.8) is 0 Å². The maximum Gasteiger partial charge on any atom is 0.224 e. The Morgan fingerprint density at radius 1 is 0.704 bits per heavy atom. The molecule has 2 saturated carbocycles. The number of hydrogen-bond acceptors (Lipinski definition) is 2. The summed E-state index contributed by atoms with van der Waals surface area (Å²) in [5, 5.41) is 0. The van der Waals surface area contributed by atoms with Crippen LogP contribution in [0.5, 0.6) is 0 Å². The molecule has 3 fully saturated rings. The van der Waals surface area contributed by atoms with Crippen LogP contribution in [0.1, 0.15) is 76.2 Å². The van der Waals surface area contributed by atoms with E-state index in [1.807, 2.05) is 0 Å². The number of rotatable bonds is 7. The van der Waals surface area contributed by atoms with Crippen LogP contribution < -0.4 is 0 Å². The molecule has 0 atom stereocenters.